The van der Waals surface area contributed by atoms with E-state index in [1.807, 2.05) is 0 Å². The first kappa shape index (κ1) is 15.5. The van der Waals surface area contributed by atoms with Gasteiger partial charge in [0.15, 0.2) is 11.5 Å². The van der Waals surface area contributed by atoms with E-state index in [0.717, 1.165) is 0 Å². The number of amides is 1. The van der Waals surface area contributed by atoms with Crippen LogP contribution in [0, 0.1) is 0 Å². The quantitative estimate of drug-likeness (QED) is 0.882. The SMILES string of the molecule is CCOc1cccc([C@H]2SC[C@H](C(=O)O)N2C(C)=O)c1O. The van der Waals surface area contributed by atoms with Crippen LogP contribution in [0.2, 0.25) is 0 Å². The van der Waals surface area contributed by atoms with E-state index in [0.29, 0.717) is 17.9 Å². The summed E-state index contributed by atoms with van der Waals surface area (Å²) in [6, 6.07) is 4.14. The molecule has 0 aliphatic carbocycles. The average molecular weight is 311 g/mol. The minimum atomic E-state index is -1.04. The molecule has 7 heteroatoms. The molecule has 0 radical (unpaired) electrons. The van der Waals surface area contributed by atoms with E-state index < -0.39 is 17.4 Å². The number of carboxylic acids is 1. The molecule has 0 aromatic heterocycles. The lowest BCUT2D eigenvalue weighted by Crippen LogP contribution is -2.41. The highest BCUT2D eigenvalue weighted by Crippen LogP contribution is 2.46. The number of phenolic OH excluding ortho intramolecular Hbond substituents is 1. The lowest BCUT2D eigenvalue weighted by molar-refractivity contribution is -0.148. The molecule has 1 aliphatic heterocycles. The maximum atomic E-state index is 11.8. The number of carbonyl (C=O) groups excluding carboxylic acids is 1. The number of aliphatic carboxylic acids is 1. The molecule has 6 nitrogen and oxygen atoms in total. The second-order valence-corrected chi connectivity index (χ2v) is 5.71. The van der Waals surface area contributed by atoms with E-state index in [2.05, 4.69) is 0 Å². The molecule has 114 valence electrons. The van der Waals surface area contributed by atoms with Crippen LogP contribution in [0.4, 0.5) is 0 Å². The molecule has 1 aromatic carbocycles. The van der Waals surface area contributed by atoms with E-state index >= 15 is 0 Å². The van der Waals surface area contributed by atoms with Gasteiger partial charge < -0.3 is 19.8 Å². The van der Waals surface area contributed by atoms with Gasteiger partial charge in [0.1, 0.15) is 11.4 Å². The van der Waals surface area contributed by atoms with E-state index in [4.69, 9.17) is 4.74 Å². The van der Waals surface area contributed by atoms with Crippen molar-refractivity contribution in [2.45, 2.75) is 25.3 Å². The van der Waals surface area contributed by atoms with Crippen LogP contribution in [0.3, 0.4) is 0 Å². The zero-order chi connectivity index (χ0) is 15.6. The number of para-hydroxylation sites is 1. The van der Waals surface area contributed by atoms with Crippen molar-refractivity contribution in [2.75, 3.05) is 12.4 Å². The number of aromatic hydroxyl groups is 1. The van der Waals surface area contributed by atoms with E-state index in [9.17, 15) is 19.8 Å². The van der Waals surface area contributed by atoms with Gasteiger partial charge in [-0.1, -0.05) is 12.1 Å². The van der Waals surface area contributed by atoms with E-state index in [1.54, 1.807) is 25.1 Å². The zero-order valence-corrected chi connectivity index (χ0v) is 12.6. The fourth-order valence-electron chi connectivity index (χ4n) is 2.33. The fourth-order valence-corrected chi connectivity index (χ4v) is 3.82. The summed E-state index contributed by atoms with van der Waals surface area (Å²) in [5.74, 6) is -0.802. The molecule has 1 saturated heterocycles. The number of carbonyl (C=O) groups is 2. The summed E-state index contributed by atoms with van der Waals surface area (Å²) in [4.78, 5) is 24.3. The van der Waals surface area contributed by atoms with Crippen LogP contribution in [-0.2, 0) is 9.59 Å². The lowest BCUT2D eigenvalue weighted by atomic mass is 10.1. The number of hydrogen-bond donors (Lipinski definition) is 2. The predicted octanol–water partition coefficient (Wildman–Crippen LogP) is 1.84. The third-order valence-corrected chi connectivity index (χ3v) is 4.55. The topological polar surface area (TPSA) is 87.1 Å². The Kier molecular flexibility index (Phi) is 4.62. The molecule has 0 bridgehead atoms. The van der Waals surface area contributed by atoms with Gasteiger partial charge in [0.25, 0.3) is 0 Å². The number of benzene rings is 1. The summed E-state index contributed by atoms with van der Waals surface area (Å²) < 4.78 is 5.33. The summed E-state index contributed by atoms with van der Waals surface area (Å²) in [6.45, 7) is 3.54. The van der Waals surface area contributed by atoms with Crippen molar-refractivity contribution in [2.24, 2.45) is 0 Å². The normalized spacial score (nSPS) is 21.3. The van der Waals surface area contributed by atoms with Gasteiger partial charge in [-0.2, -0.15) is 0 Å². The zero-order valence-electron chi connectivity index (χ0n) is 11.8. The fraction of sp³-hybridized carbons (Fsp3) is 0.429. The molecule has 2 N–H and O–H groups in total. The van der Waals surface area contributed by atoms with Gasteiger partial charge in [-0.15, -0.1) is 11.8 Å². The highest BCUT2D eigenvalue weighted by atomic mass is 32.2. The predicted molar refractivity (Wildman–Crippen MR) is 78.4 cm³/mol. The van der Waals surface area contributed by atoms with Crippen molar-refractivity contribution in [3.63, 3.8) is 0 Å². The molecule has 1 fully saturated rings. The van der Waals surface area contributed by atoms with Crippen LogP contribution in [-0.4, -0.2) is 45.4 Å². The highest BCUT2D eigenvalue weighted by Gasteiger charge is 2.42. The van der Waals surface area contributed by atoms with Gasteiger partial charge in [-0.3, -0.25) is 4.79 Å². The second-order valence-electron chi connectivity index (χ2n) is 4.59. The number of hydrogen-bond acceptors (Lipinski definition) is 5. The van der Waals surface area contributed by atoms with Crippen molar-refractivity contribution in [3.05, 3.63) is 23.8 Å². The van der Waals surface area contributed by atoms with Crippen LogP contribution >= 0.6 is 11.8 Å². The lowest BCUT2D eigenvalue weighted by Gasteiger charge is -2.27. The number of phenols is 1. The molecule has 21 heavy (non-hydrogen) atoms. The van der Waals surface area contributed by atoms with Crippen molar-refractivity contribution in [1.82, 2.24) is 4.90 Å². The molecule has 1 aromatic rings. The minimum absolute atomic E-state index is 0.0471. The van der Waals surface area contributed by atoms with Gasteiger partial charge in [0.05, 0.1) is 6.61 Å². The Balaban J connectivity index is 2.39. The monoisotopic (exact) mass is 311 g/mol. The number of rotatable bonds is 4. The summed E-state index contributed by atoms with van der Waals surface area (Å²) >= 11 is 1.32. The standard InChI is InChI=1S/C14H17NO5S/c1-3-20-11-6-4-5-9(12(11)17)13-15(8(2)16)10(7-21-13)14(18)19/h4-6,10,13,17H,3,7H2,1-2H3,(H,18,19)/t10-,13-/m1/s1. The Labute approximate surface area is 126 Å². The first-order valence-corrected chi connectivity index (χ1v) is 7.60. The highest BCUT2D eigenvalue weighted by molar-refractivity contribution is 7.99. The summed E-state index contributed by atoms with van der Waals surface area (Å²) in [6.07, 6.45) is 0. The van der Waals surface area contributed by atoms with Crippen LogP contribution in [0.25, 0.3) is 0 Å². The maximum Gasteiger partial charge on any atom is 0.327 e. The number of thioether (sulfide) groups is 1. The second kappa shape index (κ2) is 6.26. The van der Waals surface area contributed by atoms with Gasteiger partial charge >= 0.3 is 5.97 Å². The molecule has 0 spiro atoms. The molecule has 0 unspecified atom stereocenters. The molecule has 2 rings (SSSR count). The van der Waals surface area contributed by atoms with Crippen LogP contribution in [0.5, 0.6) is 11.5 Å². The first-order chi connectivity index (χ1) is 9.97. The molecule has 0 saturated carbocycles. The Morgan fingerprint density at radius 2 is 2.19 bits per heavy atom. The van der Waals surface area contributed by atoms with Gasteiger partial charge in [0, 0.05) is 18.2 Å². The van der Waals surface area contributed by atoms with E-state index in [1.165, 1.54) is 23.6 Å². The Hall–Kier alpha value is -1.89. The number of ether oxygens (including phenoxy) is 1. The van der Waals surface area contributed by atoms with Crippen LogP contribution in [0.1, 0.15) is 24.8 Å². The summed E-state index contributed by atoms with van der Waals surface area (Å²) in [7, 11) is 0. The van der Waals surface area contributed by atoms with Crippen LogP contribution in [0.15, 0.2) is 18.2 Å². The van der Waals surface area contributed by atoms with Gasteiger partial charge in [0.2, 0.25) is 5.91 Å². The van der Waals surface area contributed by atoms with Crippen molar-refractivity contribution < 1.29 is 24.5 Å². The smallest absolute Gasteiger partial charge is 0.327 e. The number of carboxylic acid groups (broad SMARTS) is 1. The van der Waals surface area contributed by atoms with Gasteiger partial charge in [-0.05, 0) is 13.0 Å². The van der Waals surface area contributed by atoms with Crippen molar-refractivity contribution in [3.8, 4) is 11.5 Å². The average Bonchev–Trinajstić information content (AvgIpc) is 2.86. The van der Waals surface area contributed by atoms with E-state index in [-0.39, 0.29) is 17.4 Å². The molecule has 1 heterocycles. The third kappa shape index (κ3) is 2.92. The minimum Gasteiger partial charge on any atom is -0.504 e. The number of nitrogens with zero attached hydrogens (tertiary/aromatic N) is 1. The maximum absolute atomic E-state index is 11.8. The Bertz CT molecular complexity index is 562. The van der Waals surface area contributed by atoms with Gasteiger partial charge in [-0.25, -0.2) is 4.79 Å². The molecule has 1 aliphatic rings. The summed E-state index contributed by atoms with van der Waals surface area (Å²) in [5.41, 5.74) is 0.491. The summed E-state index contributed by atoms with van der Waals surface area (Å²) in [5, 5.41) is 19.0. The third-order valence-electron chi connectivity index (χ3n) is 3.25. The molecular weight excluding hydrogens is 294 g/mol. The van der Waals surface area contributed by atoms with Crippen molar-refractivity contribution in [1.29, 1.82) is 0 Å². The van der Waals surface area contributed by atoms with Crippen LogP contribution < -0.4 is 4.74 Å². The molecule has 1 amide bonds. The molecular formula is C14H17NO5S. The van der Waals surface area contributed by atoms with Crippen molar-refractivity contribution >= 4 is 23.6 Å². The first-order valence-electron chi connectivity index (χ1n) is 6.55. The Morgan fingerprint density at radius 3 is 2.76 bits per heavy atom. The largest absolute Gasteiger partial charge is 0.504 e. The molecule has 2 atom stereocenters. The Morgan fingerprint density at radius 1 is 1.48 bits per heavy atom.